The van der Waals surface area contributed by atoms with E-state index >= 15 is 0 Å². The summed E-state index contributed by atoms with van der Waals surface area (Å²) < 4.78 is 24.5. The Morgan fingerprint density at radius 3 is 2.27 bits per heavy atom. The minimum absolute atomic E-state index is 0.107. The Morgan fingerprint density at radius 1 is 0.909 bits per heavy atom. The molecule has 1 heterocycles. The van der Waals surface area contributed by atoms with Crippen LogP contribution in [0.15, 0.2) is 78.5 Å². The summed E-state index contributed by atoms with van der Waals surface area (Å²) >= 11 is 0. The van der Waals surface area contributed by atoms with Gasteiger partial charge in [-0.2, -0.15) is 0 Å². The number of imide groups is 1. The van der Waals surface area contributed by atoms with Crippen LogP contribution in [0.5, 0.6) is 11.5 Å². The van der Waals surface area contributed by atoms with E-state index in [-0.39, 0.29) is 17.0 Å². The highest BCUT2D eigenvalue weighted by atomic mass is 19.1. The highest BCUT2D eigenvalue weighted by molar-refractivity contribution is 6.46. The van der Waals surface area contributed by atoms with Crippen LogP contribution < -0.4 is 19.7 Å². The Labute approximate surface area is 191 Å². The van der Waals surface area contributed by atoms with Crippen LogP contribution in [0.2, 0.25) is 0 Å². The molecule has 0 aliphatic carbocycles. The number of benzene rings is 3. The van der Waals surface area contributed by atoms with Gasteiger partial charge < -0.3 is 14.8 Å². The van der Waals surface area contributed by atoms with E-state index in [9.17, 15) is 14.0 Å². The van der Waals surface area contributed by atoms with Gasteiger partial charge in [0.2, 0.25) is 0 Å². The minimum atomic E-state index is -0.543. The van der Waals surface area contributed by atoms with Crippen LogP contribution >= 0.6 is 0 Å². The van der Waals surface area contributed by atoms with Gasteiger partial charge in [-0.25, -0.2) is 9.29 Å². The summed E-state index contributed by atoms with van der Waals surface area (Å²) in [5, 5.41) is 3.09. The molecule has 33 heavy (non-hydrogen) atoms. The second-order valence-corrected chi connectivity index (χ2v) is 7.37. The zero-order valence-electron chi connectivity index (χ0n) is 18.3. The van der Waals surface area contributed by atoms with E-state index in [0.29, 0.717) is 29.4 Å². The van der Waals surface area contributed by atoms with Crippen molar-refractivity contribution in [2.45, 2.75) is 13.3 Å². The third-order valence-electron chi connectivity index (χ3n) is 5.15. The Kier molecular flexibility index (Phi) is 6.40. The van der Waals surface area contributed by atoms with Gasteiger partial charge in [0.25, 0.3) is 11.8 Å². The first kappa shape index (κ1) is 22.1. The standard InChI is InChI=1S/C26H23FN2O4/c1-3-16-33-20-14-8-17(9-15-20)23-24(28-21-6-4-5-7-22(21)32-2)26(31)29(25(23)30)19-12-10-18(27)11-13-19/h4-15,28H,3,16H2,1-2H3. The number of methoxy groups -OCH3 is 1. The molecule has 1 aliphatic heterocycles. The first-order valence-corrected chi connectivity index (χ1v) is 10.6. The first-order chi connectivity index (χ1) is 16.0. The number of carbonyl (C=O) groups excluding carboxylic acids is 2. The zero-order chi connectivity index (χ0) is 23.4. The molecule has 3 aromatic rings. The molecule has 0 spiro atoms. The predicted molar refractivity (Wildman–Crippen MR) is 125 cm³/mol. The van der Waals surface area contributed by atoms with Gasteiger partial charge in [0.15, 0.2) is 0 Å². The second-order valence-electron chi connectivity index (χ2n) is 7.37. The fourth-order valence-corrected chi connectivity index (χ4v) is 3.56. The molecule has 1 aliphatic rings. The maximum Gasteiger partial charge on any atom is 0.282 e. The lowest BCUT2D eigenvalue weighted by Crippen LogP contribution is -2.32. The van der Waals surface area contributed by atoms with E-state index in [1.165, 1.54) is 31.4 Å². The number of para-hydroxylation sites is 2. The van der Waals surface area contributed by atoms with Crippen molar-refractivity contribution < 1.29 is 23.5 Å². The van der Waals surface area contributed by atoms with Crippen LogP contribution in [0.3, 0.4) is 0 Å². The van der Waals surface area contributed by atoms with Crippen molar-refractivity contribution in [2.24, 2.45) is 0 Å². The summed E-state index contributed by atoms with van der Waals surface area (Å²) in [6.45, 7) is 2.60. The van der Waals surface area contributed by atoms with Crippen molar-refractivity contribution in [3.05, 3.63) is 89.9 Å². The molecule has 0 bridgehead atoms. The molecule has 0 saturated heterocycles. The molecule has 0 unspecified atom stereocenters. The van der Waals surface area contributed by atoms with Crippen molar-refractivity contribution >= 4 is 28.8 Å². The van der Waals surface area contributed by atoms with Gasteiger partial charge in [0, 0.05) is 0 Å². The van der Waals surface area contributed by atoms with E-state index in [1.54, 1.807) is 48.5 Å². The minimum Gasteiger partial charge on any atom is -0.495 e. The number of carbonyl (C=O) groups is 2. The number of rotatable bonds is 8. The van der Waals surface area contributed by atoms with Gasteiger partial charge in [-0.3, -0.25) is 9.59 Å². The monoisotopic (exact) mass is 446 g/mol. The molecular formula is C26H23FN2O4. The quantitative estimate of drug-likeness (QED) is 0.492. The largest absolute Gasteiger partial charge is 0.495 e. The molecule has 6 nitrogen and oxygen atoms in total. The summed E-state index contributed by atoms with van der Waals surface area (Å²) in [4.78, 5) is 27.9. The number of anilines is 2. The fourth-order valence-electron chi connectivity index (χ4n) is 3.56. The molecule has 2 amide bonds. The van der Waals surface area contributed by atoms with Gasteiger partial charge in [-0.15, -0.1) is 0 Å². The lowest BCUT2D eigenvalue weighted by molar-refractivity contribution is -0.120. The van der Waals surface area contributed by atoms with Crippen molar-refractivity contribution in [2.75, 3.05) is 23.9 Å². The van der Waals surface area contributed by atoms with Crippen molar-refractivity contribution in [1.29, 1.82) is 0 Å². The number of nitrogens with one attached hydrogen (secondary N) is 1. The number of hydrogen-bond acceptors (Lipinski definition) is 5. The van der Waals surface area contributed by atoms with Gasteiger partial charge >= 0.3 is 0 Å². The van der Waals surface area contributed by atoms with Gasteiger partial charge in [0.1, 0.15) is 23.0 Å². The second kappa shape index (κ2) is 9.56. The number of nitrogens with zero attached hydrogens (tertiary/aromatic N) is 1. The van der Waals surface area contributed by atoms with Crippen LogP contribution in [0.25, 0.3) is 5.57 Å². The van der Waals surface area contributed by atoms with E-state index in [1.807, 2.05) is 6.92 Å². The Morgan fingerprint density at radius 2 is 1.61 bits per heavy atom. The summed E-state index contributed by atoms with van der Waals surface area (Å²) in [5.74, 6) is -0.313. The molecule has 4 rings (SSSR count). The predicted octanol–water partition coefficient (Wildman–Crippen LogP) is 5.02. The first-order valence-electron chi connectivity index (χ1n) is 10.6. The molecule has 7 heteroatoms. The third kappa shape index (κ3) is 4.43. The average molecular weight is 446 g/mol. The summed E-state index contributed by atoms with van der Waals surface area (Å²) in [7, 11) is 1.53. The smallest absolute Gasteiger partial charge is 0.282 e. The Hall–Kier alpha value is -4.13. The van der Waals surface area contributed by atoms with E-state index < -0.39 is 17.6 Å². The van der Waals surface area contributed by atoms with Crippen molar-refractivity contribution in [1.82, 2.24) is 0 Å². The lowest BCUT2D eigenvalue weighted by atomic mass is 10.0. The van der Waals surface area contributed by atoms with Crippen LogP contribution in [-0.2, 0) is 9.59 Å². The topological polar surface area (TPSA) is 67.9 Å². The number of ether oxygens (including phenoxy) is 2. The molecular weight excluding hydrogens is 423 g/mol. The maximum atomic E-state index is 13.5. The Balaban J connectivity index is 1.78. The third-order valence-corrected chi connectivity index (χ3v) is 5.15. The van der Waals surface area contributed by atoms with E-state index in [2.05, 4.69) is 5.32 Å². The fraction of sp³-hybridized carbons (Fsp3) is 0.154. The molecule has 3 aromatic carbocycles. The van der Waals surface area contributed by atoms with Crippen LogP contribution in [0.1, 0.15) is 18.9 Å². The normalized spacial score (nSPS) is 13.5. The van der Waals surface area contributed by atoms with Gasteiger partial charge in [-0.1, -0.05) is 31.2 Å². The van der Waals surface area contributed by atoms with Gasteiger partial charge in [0.05, 0.1) is 30.7 Å². The summed E-state index contributed by atoms with van der Waals surface area (Å²) in [6.07, 6.45) is 0.875. The molecule has 0 aromatic heterocycles. The number of hydrogen-bond donors (Lipinski definition) is 1. The molecule has 0 radical (unpaired) electrons. The summed E-state index contributed by atoms with van der Waals surface area (Å²) in [6, 6.07) is 19.3. The average Bonchev–Trinajstić information content (AvgIpc) is 3.08. The number of halogens is 1. The molecule has 168 valence electrons. The van der Waals surface area contributed by atoms with Gasteiger partial charge in [-0.05, 0) is 60.5 Å². The van der Waals surface area contributed by atoms with Crippen molar-refractivity contribution in [3.63, 3.8) is 0 Å². The highest BCUT2D eigenvalue weighted by Gasteiger charge is 2.40. The zero-order valence-corrected chi connectivity index (χ0v) is 18.3. The summed E-state index contributed by atoms with van der Waals surface area (Å²) in [5.41, 5.74) is 1.69. The molecule has 1 N–H and O–H groups in total. The molecule has 0 fully saturated rings. The van der Waals surface area contributed by atoms with E-state index in [0.717, 1.165) is 11.3 Å². The van der Waals surface area contributed by atoms with E-state index in [4.69, 9.17) is 9.47 Å². The van der Waals surface area contributed by atoms with Crippen LogP contribution in [0.4, 0.5) is 15.8 Å². The maximum absolute atomic E-state index is 13.5. The molecule has 0 saturated carbocycles. The molecule has 0 atom stereocenters. The number of amides is 2. The van der Waals surface area contributed by atoms with Crippen LogP contribution in [-0.4, -0.2) is 25.5 Å². The Bertz CT molecular complexity index is 1200. The van der Waals surface area contributed by atoms with Crippen LogP contribution in [0, 0.1) is 5.82 Å². The van der Waals surface area contributed by atoms with Crippen molar-refractivity contribution in [3.8, 4) is 11.5 Å². The lowest BCUT2D eigenvalue weighted by Gasteiger charge is -2.16. The highest BCUT2D eigenvalue weighted by Crippen LogP contribution is 2.36. The SMILES string of the molecule is CCCOc1ccc(C2=C(Nc3ccccc3OC)C(=O)N(c3ccc(F)cc3)C2=O)cc1.